The Morgan fingerprint density at radius 2 is 1.89 bits per heavy atom. The molecule has 0 radical (unpaired) electrons. The number of tetrazole rings is 1. The van der Waals surface area contributed by atoms with Crippen molar-refractivity contribution in [1.29, 1.82) is 0 Å². The van der Waals surface area contributed by atoms with Crippen LogP contribution in [0.4, 0.5) is 0 Å². The van der Waals surface area contributed by atoms with Gasteiger partial charge in [0.15, 0.2) is 0 Å². The molecule has 6 heteroatoms. The zero-order valence-electron chi connectivity index (χ0n) is 10.5. The first-order valence-electron chi connectivity index (χ1n) is 5.54. The summed E-state index contributed by atoms with van der Waals surface area (Å²) >= 11 is 1.07. The maximum absolute atomic E-state index is 12.0. The fourth-order valence-electron chi connectivity index (χ4n) is 1.21. The first-order valence-corrected chi connectivity index (χ1v) is 6.36. The molecule has 0 fully saturated rings. The first kappa shape index (κ1) is 12.8. The number of para-hydroxylation sites is 1. The van der Waals surface area contributed by atoms with Crippen LogP contribution in [0.3, 0.4) is 0 Å². The first-order chi connectivity index (χ1) is 8.48. The number of nitrogens with zero attached hydrogens (tertiary/aromatic N) is 4. The molecular formula is C12H14N4OS. The monoisotopic (exact) mass is 262 g/mol. The van der Waals surface area contributed by atoms with Crippen molar-refractivity contribution in [2.24, 2.45) is 5.41 Å². The molecule has 0 aliphatic heterocycles. The number of thioether (sulfide) groups is 1. The molecule has 94 valence electrons. The van der Waals surface area contributed by atoms with E-state index >= 15 is 0 Å². The Kier molecular flexibility index (Phi) is 3.47. The van der Waals surface area contributed by atoms with Gasteiger partial charge in [0.25, 0.3) is 0 Å². The largest absolute Gasteiger partial charge is 0.286 e. The predicted octanol–water partition coefficient (Wildman–Crippen LogP) is 2.33. The molecular weight excluding hydrogens is 248 g/mol. The van der Waals surface area contributed by atoms with Crippen LogP contribution < -0.4 is 0 Å². The Balaban J connectivity index is 2.27. The Morgan fingerprint density at radius 1 is 1.22 bits per heavy atom. The van der Waals surface area contributed by atoms with Gasteiger partial charge < -0.3 is 0 Å². The van der Waals surface area contributed by atoms with Crippen molar-refractivity contribution in [1.82, 2.24) is 20.2 Å². The van der Waals surface area contributed by atoms with Gasteiger partial charge in [0.05, 0.1) is 5.69 Å². The minimum Gasteiger partial charge on any atom is -0.286 e. The van der Waals surface area contributed by atoms with Crippen molar-refractivity contribution < 1.29 is 4.79 Å². The summed E-state index contributed by atoms with van der Waals surface area (Å²) in [6.07, 6.45) is 0. The summed E-state index contributed by atoms with van der Waals surface area (Å²) in [7, 11) is 0. The smallest absolute Gasteiger partial charge is 0.221 e. The number of carbonyl (C=O) groups excluding carboxylic acids is 1. The van der Waals surface area contributed by atoms with Gasteiger partial charge in [-0.25, -0.2) is 0 Å². The van der Waals surface area contributed by atoms with Crippen LogP contribution in [0.2, 0.25) is 0 Å². The number of rotatable bonds is 2. The topological polar surface area (TPSA) is 60.7 Å². The van der Waals surface area contributed by atoms with Gasteiger partial charge in [-0.05, 0) is 34.3 Å². The molecule has 0 N–H and O–H groups in total. The molecule has 0 amide bonds. The van der Waals surface area contributed by atoms with E-state index in [4.69, 9.17) is 0 Å². The second kappa shape index (κ2) is 4.89. The van der Waals surface area contributed by atoms with E-state index in [1.165, 1.54) is 0 Å². The fraction of sp³-hybridized carbons (Fsp3) is 0.333. The number of hydrogen-bond acceptors (Lipinski definition) is 5. The van der Waals surface area contributed by atoms with Crippen LogP contribution in [0.25, 0.3) is 5.69 Å². The van der Waals surface area contributed by atoms with Gasteiger partial charge in [-0.3, -0.25) is 4.79 Å². The van der Waals surface area contributed by atoms with Crippen molar-refractivity contribution in [3.05, 3.63) is 30.3 Å². The van der Waals surface area contributed by atoms with E-state index in [1.54, 1.807) is 4.68 Å². The van der Waals surface area contributed by atoms with E-state index in [0.717, 1.165) is 17.4 Å². The maximum atomic E-state index is 12.0. The summed E-state index contributed by atoms with van der Waals surface area (Å²) in [6, 6.07) is 9.50. The minimum absolute atomic E-state index is 0.0366. The molecule has 0 bridgehead atoms. The molecule has 18 heavy (non-hydrogen) atoms. The van der Waals surface area contributed by atoms with Crippen LogP contribution in [-0.4, -0.2) is 25.3 Å². The van der Waals surface area contributed by atoms with Crippen LogP contribution in [0.15, 0.2) is 35.5 Å². The van der Waals surface area contributed by atoms with Gasteiger partial charge in [-0.2, -0.15) is 4.68 Å². The van der Waals surface area contributed by atoms with E-state index < -0.39 is 5.41 Å². The zero-order chi connectivity index (χ0) is 13.2. The lowest BCUT2D eigenvalue weighted by Gasteiger charge is -2.14. The van der Waals surface area contributed by atoms with Gasteiger partial charge in [-0.15, -0.1) is 5.10 Å². The van der Waals surface area contributed by atoms with Crippen LogP contribution in [0.1, 0.15) is 20.8 Å². The SMILES string of the molecule is CC(C)(C)C(=O)Sc1nnnn1-c1ccccc1. The Morgan fingerprint density at radius 3 is 2.50 bits per heavy atom. The molecule has 2 aromatic rings. The van der Waals surface area contributed by atoms with E-state index in [0.29, 0.717) is 5.16 Å². The van der Waals surface area contributed by atoms with Crippen LogP contribution in [0, 0.1) is 5.41 Å². The van der Waals surface area contributed by atoms with Gasteiger partial charge in [-0.1, -0.05) is 39.0 Å². The average molecular weight is 262 g/mol. The summed E-state index contributed by atoms with van der Waals surface area (Å²) in [5.41, 5.74) is 0.421. The summed E-state index contributed by atoms with van der Waals surface area (Å²) in [5, 5.41) is 11.9. The predicted molar refractivity (Wildman–Crippen MR) is 69.5 cm³/mol. The fourth-order valence-corrected chi connectivity index (χ4v) is 1.99. The minimum atomic E-state index is -0.419. The highest BCUT2D eigenvalue weighted by molar-refractivity contribution is 8.13. The van der Waals surface area contributed by atoms with Gasteiger partial charge in [0.2, 0.25) is 10.3 Å². The lowest BCUT2D eigenvalue weighted by molar-refractivity contribution is -0.117. The maximum Gasteiger partial charge on any atom is 0.221 e. The molecule has 0 aliphatic rings. The highest BCUT2D eigenvalue weighted by atomic mass is 32.2. The molecule has 0 unspecified atom stereocenters. The number of hydrogen-bond donors (Lipinski definition) is 0. The quantitative estimate of drug-likeness (QED) is 0.777. The Labute approximate surface area is 110 Å². The molecule has 0 spiro atoms. The van der Waals surface area contributed by atoms with E-state index in [2.05, 4.69) is 15.5 Å². The standard InChI is InChI=1S/C12H14N4OS/c1-12(2,3)10(17)18-11-13-14-15-16(11)9-7-5-4-6-8-9/h4-8H,1-3H3. The molecule has 1 aromatic carbocycles. The summed E-state index contributed by atoms with van der Waals surface area (Å²) in [5.74, 6) is 0. The van der Waals surface area contributed by atoms with Gasteiger partial charge >= 0.3 is 0 Å². The average Bonchev–Trinajstić information content (AvgIpc) is 2.77. The lowest BCUT2D eigenvalue weighted by Crippen LogP contribution is -2.17. The zero-order valence-corrected chi connectivity index (χ0v) is 11.3. The highest BCUT2D eigenvalue weighted by Gasteiger charge is 2.25. The third-order valence-corrected chi connectivity index (χ3v) is 3.47. The molecule has 0 saturated heterocycles. The van der Waals surface area contributed by atoms with Gasteiger partial charge in [0.1, 0.15) is 0 Å². The lowest BCUT2D eigenvalue weighted by atomic mass is 10.00. The second-order valence-corrected chi connectivity index (χ2v) is 5.79. The molecule has 1 heterocycles. The third kappa shape index (κ3) is 2.76. The second-order valence-electron chi connectivity index (χ2n) is 4.85. The highest BCUT2D eigenvalue weighted by Crippen LogP contribution is 2.28. The number of benzene rings is 1. The van der Waals surface area contributed by atoms with Crippen molar-refractivity contribution in [3.63, 3.8) is 0 Å². The number of carbonyl (C=O) groups is 1. The summed E-state index contributed by atoms with van der Waals surface area (Å²) < 4.78 is 1.56. The molecule has 0 saturated carbocycles. The third-order valence-electron chi connectivity index (χ3n) is 2.24. The molecule has 5 nitrogen and oxygen atoms in total. The normalized spacial score (nSPS) is 11.5. The van der Waals surface area contributed by atoms with Crippen molar-refractivity contribution in [2.45, 2.75) is 25.9 Å². The van der Waals surface area contributed by atoms with Gasteiger partial charge in [0, 0.05) is 5.41 Å². The summed E-state index contributed by atoms with van der Waals surface area (Å²) in [6.45, 7) is 5.62. The van der Waals surface area contributed by atoms with E-state index in [1.807, 2.05) is 51.1 Å². The molecule has 2 rings (SSSR count). The number of aromatic nitrogens is 4. The van der Waals surface area contributed by atoms with Crippen molar-refractivity contribution >= 4 is 16.9 Å². The Hall–Kier alpha value is -1.69. The van der Waals surface area contributed by atoms with Crippen LogP contribution >= 0.6 is 11.8 Å². The molecule has 0 aliphatic carbocycles. The van der Waals surface area contributed by atoms with Crippen molar-refractivity contribution in [3.8, 4) is 5.69 Å². The van der Waals surface area contributed by atoms with E-state index in [-0.39, 0.29) is 5.12 Å². The van der Waals surface area contributed by atoms with Crippen LogP contribution in [0.5, 0.6) is 0 Å². The molecule has 1 aromatic heterocycles. The van der Waals surface area contributed by atoms with Crippen LogP contribution in [-0.2, 0) is 4.79 Å². The molecule has 0 atom stereocenters. The summed E-state index contributed by atoms with van der Waals surface area (Å²) in [4.78, 5) is 12.0. The van der Waals surface area contributed by atoms with Crippen molar-refractivity contribution in [2.75, 3.05) is 0 Å². The van der Waals surface area contributed by atoms with E-state index in [9.17, 15) is 4.79 Å². The Bertz CT molecular complexity index is 545.